The Morgan fingerprint density at radius 1 is 1.23 bits per heavy atom. The van der Waals surface area contributed by atoms with Crippen LogP contribution in [0.4, 0.5) is 4.79 Å². The molecular weight excluding hydrogens is 328 g/mol. The molecule has 1 aliphatic heterocycles. The minimum Gasteiger partial charge on any atom is -0.439 e. The predicted molar refractivity (Wildman–Crippen MR) is 103 cm³/mol. The fraction of sp³-hybridized carbons (Fsp3) is 0.600. The van der Waals surface area contributed by atoms with Gasteiger partial charge in [0.2, 0.25) is 5.89 Å². The highest BCUT2D eigenvalue weighted by atomic mass is 16.3. The summed E-state index contributed by atoms with van der Waals surface area (Å²) in [6, 6.07) is 6.30. The maximum Gasteiger partial charge on any atom is 0.317 e. The van der Waals surface area contributed by atoms with Crippen molar-refractivity contribution in [2.24, 2.45) is 0 Å². The van der Waals surface area contributed by atoms with Crippen LogP contribution in [-0.4, -0.2) is 53.5 Å². The van der Waals surface area contributed by atoms with Gasteiger partial charge in [-0.25, -0.2) is 9.78 Å². The highest BCUT2D eigenvalue weighted by Gasteiger charge is 2.22. The van der Waals surface area contributed by atoms with E-state index in [1.54, 1.807) is 0 Å². The van der Waals surface area contributed by atoms with Crippen LogP contribution in [0.2, 0.25) is 0 Å². The van der Waals surface area contributed by atoms with E-state index in [1.165, 1.54) is 5.56 Å². The molecule has 1 aromatic carbocycles. The molecule has 2 amide bonds. The molecule has 0 spiro atoms. The van der Waals surface area contributed by atoms with Crippen LogP contribution in [0.15, 0.2) is 22.6 Å². The molecular formula is C20H30N4O2. The summed E-state index contributed by atoms with van der Waals surface area (Å²) < 4.78 is 5.92. The van der Waals surface area contributed by atoms with Crippen molar-refractivity contribution in [3.05, 3.63) is 29.7 Å². The minimum atomic E-state index is 0.0445. The van der Waals surface area contributed by atoms with Gasteiger partial charge in [-0.05, 0) is 29.5 Å². The molecule has 26 heavy (non-hydrogen) atoms. The Kier molecular flexibility index (Phi) is 5.51. The van der Waals surface area contributed by atoms with Crippen molar-refractivity contribution in [3.8, 4) is 0 Å². The molecule has 0 radical (unpaired) electrons. The van der Waals surface area contributed by atoms with Gasteiger partial charge in [0, 0.05) is 32.7 Å². The molecule has 2 heterocycles. The molecule has 6 heteroatoms. The summed E-state index contributed by atoms with van der Waals surface area (Å²) in [4.78, 5) is 20.9. The molecule has 142 valence electrons. The lowest BCUT2D eigenvalue weighted by molar-refractivity contribution is 0.129. The maximum absolute atomic E-state index is 12.0. The first-order valence-corrected chi connectivity index (χ1v) is 9.52. The zero-order valence-corrected chi connectivity index (χ0v) is 16.3. The quantitative estimate of drug-likeness (QED) is 0.910. The van der Waals surface area contributed by atoms with Crippen LogP contribution in [-0.2, 0) is 12.0 Å². The highest BCUT2D eigenvalue weighted by molar-refractivity contribution is 5.74. The van der Waals surface area contributed by atoms with Crippen LogP contribution in [0, 0.1) is 0 Å². The molecule has 0 aliphatic carbocycles. The zero-order valence-electron chi connectivity index (χ0n) is 16.3. The lowest BCUT2D eigenvalue weighted by Crippen LogP contribution is -2.51. The number of amides is 2. The smallest absolute Gasteiger partial charge is 0.317 e. The molecule has 3 rings (SSSR count). The van der Waals surface area contributed by atoms with E-state index in [0.29, 0.717) is 6.54 Å². The minimum absolute atomic E-state index is 0.0445. The van der Waals surface area contributed by atoms with Crippen molar-refractivity contribution < 1.29 is 9.21 Å². The van der Waals surface area contributed by atoms with Crippen LogP contribution in [0.5, 0.6) is 0 Å². The van der Waals surface area contributed by atoms with Gasteiger partial charge >= 0.3 is 6.03 Å². The van der Waals surface area contributed by atoms with Crippen molar-refractivity contribution >= 4 is 17.1 Å². The molecule has 0 bridgehead atoms. The Hall–Kier alpha value is -2.08. The fourth-order valence-corrected chi connectivity index (χ4v) is 3.15. The van der Waals surface area contributed by atoms with E-state index < -0.39 is 0 Å². The number of hydrogen-bond donors (Lipinski definition) is 1. The molecule has 0 atom stereocenters. The monoisotopic (exact) mass is 358 g/mol. The van der Waals surface area contributed by atoms with Gasteiger partial charge in [-0.2, -0.15) is 0 Å². The number of nitrogens with one attached hydrogen (secondary N) is 1. The summed E-state index contributed by atoms with van der Waals surface area (Å²) in [7, 11) is 0. The van der Waals surface area contributed by atoms with Crippen molar-refractivity contribution in [1.82, 2.24) is 20.1 Å². The number of oxazole rings is 1. The lowest BCUT2D eigenvalue weighted by Gasteiger charge is -2.33. The van der Waals surface area contributed by atoms with Crippen molar-refractivity contribution in [3.63, 3.8) is 0 Å². The van der Waals surface area contributed by atoms with E-state index in [9.17, 15) is 4.79 Å². The van der Waals surface area contributed by atoms with Crippen molar-refractivity contribution in [2.75, 3.05) is 32.7 Å². The summed E-state index contributed by atoms with van der Waals surface area (Å²) in [6.07, 6.45) is 0.959. The van der Waals surface area contributed by atoms with Crippen molar-refractivity contribution in [1.29, 1.82) is 0 Å². The third kappa shape index (κ3) is 4.36. The molecule has 2 aromatic rings. The van der Waals surface area contributed by atoms with Crippen LogP contribution in [0.3, 0.4) is 0 Å². The van der Waals surface area contributed by atoms with Gasteiger partial charge in [-0.1, -0.05) is 33.8 Å². The number of urea groups is 1. The molecule has 1 aliphatic rings. The van der Waals surface area contributed by atoms with E-state index in [1.807, 2.05) is 11.0 Å². The summed E-state index contributed by atoms with van der Waals surface area (Å²) >= 11 is 0. The first kappa shape index (κ1) is 18.7. The highest BCUT2D eigenvalue weighted by Crippen LogP contribution is 2.26. The van der Waals surface area contributed by atoms with E-state index in [2.05, 4.69) is 55.0 Å². The fourth-order valence-electron chi connectivity index (χ4n) is 3.15. The summed E-state index contributed by atoms with van der Waals surface area (Å²) in [5.74, 6) is 0.745. The van der Waals surface area contributed by atoms with Gasteiger partial charge in [-0.15, -0.1) is 0 Å². The first-order valence-electron chi connectivity index (χ1n) is 9.52. The van der Waals surface area contributed by atoms with Crippen LogP contribution in [0.1, 0.15) is 45.6 Å². The first-order chi connectivity index (χ1) is 12.4. The molecule has 6 nitrogen and oxygen atoms in total. The Labute approximate surface area is 155 Å². The summed E-state index contributed by atoms with van der Waals surface area (Å²) in [5.41, 5.74) is 3.12. The number of fused-ring (bicyclic) bond motifs is 1. The molecule has 0 unspecified atom stereocenters. The van der Waals surface area contributed by atoms with E-state index in [-0.39, 0.29) is 11.4 Å². The third-order valence-corrected chi connectivity index (χ3v) is 4.84. The van der Waals surface area contributed by atoms with Gasteiger partial charge in [0.05, 0.1) is 6.54 Å². The second-order valence-corrected chi connectivity index (χ2v) is 8.04. The molecule has 1 saturated heterocycles. The average Bonchev–Trinajstić information content (AvgIpc) is 3.01. The molecule has 1 fully saturated rings. The lowest BCUT2D eigenvalue weighted by atomic mass is 9.87. The summed E-state index contributed by atoms with van der Waals surface area (Å²) in [5, 5.41) is 2.94. The Morgan fingerprint density at radius 2 is 1.96 bits per heavy atom. The molecule has 1 N–H and O–H groups in total. The van der Waals surface area contributed by atoms with Crippen molar-refractivity contribution in [2.45, 2.75) is 46.1 Å². The Balaban J connectivity index is 1.59. The maximum atomic E-state index is 12.0. The second-order valence-electron chi connectivity index (χ2n) is 8.04. The number of aromatic nitrogens is 1. The third-order valence-electron chi connectivity index (χ3n) is 4.84. The van der Waals surface area contributed by atoms with Gasteiger partial charge < -0.3 is 14.6 Å². The zero-order chi connectivity index (χ0) is 18.7. The predicted octanol–water partition coefficient (Wildman–Crippen LogP) is 3.36. The number of rotatable bonds is 4. The van der Waals surface area contributed by atoms with Gasteiger partial charge in [-0.3, -0.25) is 4.90 Å². The van der Waals surface area contributed by atoms with Crippen LogP contribution >= 0.6 is 0 Å². The van der Waals surface area contributed by atoms with E-state index in [0.717, 1.165) is 56.1 Å². The Morgan fingerprint density at radius 3 is 2.62 bits per heavy atom. The normalized spacial score (nSPS) is 16.2. The molecule has 1 aromatic heterocycles. The topological polar surface area (TPSA) is 61.6 Å². The van der Waals surface area contributed by atoms with E-state index in [4.69, 9.17) is 4.42 Å². The second kappa shape index (κ2) is 7.66. The van der Waals surface area contributed by atoms with Gasteiger partial charge in [0.1, 0.15) is 5.52 Å². The average molecular weight is 358 g/mol. The van der Waals surface area contributed by atoms with Gasteiger partial charge in [0.15, 0.2) is 5.58 Å². The number of hydrogen-bond acceptors (Lipinski definition) is 4. The Bertz CT molecular complexity index is 755. The van der Waals surface area contributed by atoms with Crippen LogP contribution in [0.25, 0.3) is 11.1 Å². The number of carbonyl (C=O) groups excluding carboxylic acids is 1. The number of carbonyl (C=O) groups is 1. The number of benzene rings is 1. The number of piperazine rings is 1. The standard InChI is InChI=1S/C20H30N4O2/c1-5-8-21-19(25)24-11-9-23(10-12-24)14-18-22-16-13-15(20(2,3)4)6-7-17(16)26-18/h6-7,13H,5,8-12,14H2,1-4H3,(H,21,25). The SMILES string of the molecule is CCCNC(=O)N1CCN(Cc2nc3cc(C(C)(C)C)ccc3o2)CC1. The largest absolute Gasteiger partial charge is 0.439 e. The van der Waals surface area contributed by atoms with E-state index >= 15 is 0 Å². The molecule has 0 saturated carbocycles. The summed E-state index contributed by atoms with van der Waals surface area (Å²) in [6.45, 7) is 13.2. The van der Waals surface area contributed by atoms with Crippen LogP contribution < -0.4 is 5.32 Å². The number of nitrogens with zero attached hydrogens (tertiary/aromatic N) is 3. The van der Waals surface area contributed by atoms with Gasteiger partial charge in [0.25, 0.3) is 0 Å².